The van der Waals surface area contributed by atoms with Crippen molar-refractivity contribution in [2.75, 3.05) is 4.90 Å². The van der Waals surface area contributed by atoms with Gasteiger partial charge in [-0.1, -0.05) is 146 Å². The van der Waals surface area contributed by atoms with Gasteiger partial charge in [0.25, 0.3) is 0 Å². The third-order valence-corrected chi connectivity index (χ3v) is 16.7. The number of anilines is 3. The Morgan fingerprint density at radius 3 is 1.88 bits per heavy atom. The SMILES string of the molecule is FC(c1cccc(-c2ccccn2)c1)c1cc2c(c3c1[Si](c1ccccc1)(c1ccccc1)c1ccccc1N3c1ccccc1)c1ccccc1n2-c1ccccn1. The number of hydrogen-bond acceptors (Lipinski definition) is 3. The average Bonchev–Trinajstić information content (AvgIpc) is 3.66. The molecule has 1 unspecified atom stereocenters. The van der Waals surface area contributed by atoms with Crippen molar-refractivity contribution in [2.45, 2.75) is 6.17 Å². The van der Waals surface area contributed by atoms with Crippen LogP contribution >= 0.6 is 0 Å². The van der Waals surface area contributed by atoms with E-state index in [9.17, 15) is 0 Å². The first-order valence-electron chi connectivity index (χ1n) is 20.0. The molecular weight excluding hydrogens is 740 g/mol. The molecule has 6 heteroatoms. The molecule has 0 bridgehead atoms. The molecule has 0 fully saturated rings. The molecule has 4 heterocycles. The van der Waals surface area contributed by atoms with Crippen molar-refractivity contribution in [2.24, 2.45) is 0 Å². The second-order valence-corrected chi connectivity index (χ2v) is 18.7. The van der Waals surface area contributed by atoms with E-state index in [-0.39, 0.29) is 0 Å². The van der Waals surface area contributed by atoms with Crippen LogP contribution in [0.25, 0.3) is 38.9 Å². The van der Waals surface area contributed by atoms with E-state index in [2.05, 4.69) is 160 Å². The van der Waals surface area contributed by atoms with Gasteiger partial charge < -0.3 is 4.90 Å². The number of nitrogens with zero attached hydrogens (tertiary/aromatic N) is 4. The molecule has 59 heavy (non-hydrogen) atoms. The monoisotopic (exact) mass is 776 g/mol. The van der Waals surface area contributed by atoms with Gasteiger partial charge in [0.1, 0.15) is 5.82 Å². The fraction of sp³-hybridized carbons (Fsp3) is 0.0189. The first kappa shape index (κ1) is 34.8. The van der Waals surface area contributed by atoms with Gasteiger partial charge in [0.15, 0.2) is 14.2 Å². The molecule has 1 atom stereocenters. The average molecular weight is 777 g/mol. The molecule has 1 aliphatic heterocycles. The predicted octanol–water partition coefficient (Wildman–Crippen LogP) is 10.5. The topological polar surface area (TPSA) is 34.0 Å². The number of para-hydroxylation sites is 3. The minimum atomic E-state index is -3.36. The third kappa shape index (κ3) is 5.41. The lowest BCUT2D eigenvalue weighted by Crippen LogP contribution is -2.78. The van der Waals surface area contributed by atoms with Crippen molar-refractivity contribution in [3.8, 4) is 17.1 Å². The predicted molar refractivity (Wildman–Crippen MR) is 243 cm³/mol. The van der Waals surface area contributed by atoms with Crippen LogP contribution in [0, 0.1) is 0 Å². The van der Waals surface area contributed by atoms with Crippen LogP contribution in [-0.4, -0.2) is 22.6 Å². The summed E-state index contributed by atoms with van der Waals surface area (Å²) < 4.78 is 21.1. The highest BCUT2D eigenvalue weighted by molar-refractivity contribution is 7.21. The molecule has 10 aromatic rings. The molecule has 1 aliphatic rings. The number of alkyl halides is 1. The normalized spacial score (nSPS) is 13.5. The number of fused-ring (bicyclic) bond motifs is 6. The van der Waals surface area contributed by atoms with Gasteiger partial charge in [-0.15, -0.1) is 0 Å². The minimum absolute atomic E-state index is 0.573. The number of halogens is 1. The molecule has 0 radical (unpaired) electrons. The maximum absolute atomic E-state index is 18.9. The first-order chi connectivity index (χ1) is 29.2. The number of hydrogen-bond donors (Lipinski definition) is 0. The summed E-state index contributed by atoms with van der Waals surface area (Å²) in [6, 6.07) is 71.5. The zero-order valence-electron chi connectivity index (χ0n) is 32.0. The molecular formula is C53H37FN4Si. The molecule has 7 aromatic carbocycles. The van der Waals surface area contributed by atoms with Crippen LogP contribution in [0.4, 0.5) is 21.5 Å². The zero-order chi connectivity index (χ0) is 39.3. The molecule has 11 rings (SSSR count). The van der Waals surface area contributed by atoms with E-state index in [1.54, 1.807) is 6.20 Å². The van der Waals surface area contributed by atoms with Gasteiger partial charge in [-0.05, 0) is 92.5 Å². The van der Waals surface area contributed by atoms with Crippen LogP contribution in [0.15, 0.2) is 219 Å². The van der Waals surface area contributed by atoms with Gasteiger partial charge in [0, 0.05) is 40.1 Å². The smallest absolute Gasteiger partial charge is 0.184 e. The van der Waals surface area contributed by atoms with Crippen LogP contribution in [0.1, 0.15) is 17.3 Å². The summed E-state index contributed by atoms with van der Waals surface area (Å²) in [5.41, 5.74) is 7.88. The Bertz CT molecular complexity index is 3080. The van der Waals surface area contributed by atoms with Gasteiger partial charge in [-0.3, -0.25) is 9.55 Å². The Kier molecular flexibility index (Phi) is 8.38. The Balaban J connectivity index is 1.38. The van der Waals surface area contributed by atoms with Crippen molar-refractivity contribution in [3.63, 3.8) is 0 Å². The van der Waals surface area contributed by atoms with Crippen molar-refractivity contribution in [1.82, 2.24) is 14.5 Å². The van der Waals surface area contributed by atoms with Gasteiger partial charge in [-0.2, -0.15) is 0 Å². The first-order valence-corrected chi connectivity index (χ1v) is 22.0. The summed E-state index contributed by atoms with van der Waals surface area (Å²) in [6.07, 6.45) is 2.10. The summed E-state index contributed by atoms with van der Waals surface area (Å²) in [6.45, 7) is 0. The Morgan fingerprint density at radius 2 is 1.17 bits per heavy atom. The van der Waals surface area contributed by atoms with Crippen LogP contribution in [0.2, 0.25) is 0 Å². The summed E-state index contributed by atoms with van der Waals surface area (Å²) in [7, 11) is -3.36. The van der Waals surface area contributed by atoms with Gasteiger partial charge in [0.2, 0.25) is 0 Å². The van der Waals surface area contributed by atoms with E-state index >= 15 is 4.39 Å². The quantitative estimate of drug-likeness (QED) is 0.151. The van der Waals surface area contributed by atoms with Crippen molar-refractivity contribution < 1.29 is 4.39 Å². The van der Waals surface area contributed by atoms with E-state index < -0.39 is 14.2 Å². The lowest BCUT2D eigenvalue weighted by molar-refractivity contribution is 0.404. The molecule has 0 saturated heterocycles. The lowest BCUT2D eigenvalue weighted by atomic mass is 9.96. The lowest BCUT2D eigenvalue weighted by Gasteiger charge is -2.46. The highest BCUT2D eigenvalue weighted by Gasteiger charge is 2.52. The summed E-state index contributed by atoms with van der Waals surface area (Å²) in [5, 5.41) is 6.75. The van der Waals surface area contributed by atoms with Crippen LogP contribution < -0.4 is 25.6 Å². The van der Waals surface area contributed by atoms with E-state index in [4.69, 9.17) is 4.98 Å². The molecule has 0 spiro atoms. The molecule has 0 aliphatic carbocycles. The zero-order valence-corrected chi connectivity index (χ0v) is 33.0. The molecule has 4 nitrogen and oxygen atoms in total. The minimum Gasteiger partial charge on any atom is -0.310 e. The van der Waals surface area contributed by atoms with E-state index in [0.29, 0.717) is 11.1 Å². The van der Waals surface area contributed by atoms with E-state index in [0.717, 1.165) is 61.1 Å². The van der Waals surface area contributed by atoms with Crippen molar-refractivity contribution in [1.29, 1.82) is 0 Å². The largest absolute Gasteiger partial charge is 0.310 e. The second kappa shape index (κ2) is 14.2. The summed E-state index contributed by atoms with van der Waals surface area (Å²) in [4.78, 5) is 11.9. The molecule has 280 valence electrons. The van der Waals surface area contributed by atoms with Crippen LogP contribution in [-0.2, 0) is 0 Å². The Morgan fingerprint density at radius 1 is 0.525 bits per heavy atom. The highest BCUT2D eigenvalue weighted by Crippen LogP contribution is 2.48. The highest BCUT2D eigenvalue weighted by atomic mass is 28.3. The maximum atomic E-state index is 18.9. The van der Waals surface area contributed by atoms with Crippen LogP contribution in [0.3, 0.4) is 0 Å². The summed E-state index contributed by atoms with van der Waals surface area (Å²) in [5.74, 6) is 0.772. The fourth-order valence-corrected chi connectivity index (χ4v) is 14.8. The second-order valence-electron chi connectivity index (χ2n) is 15.0. The molecule has 0 N–H and O–H groups in total. The molecule has 0 saturated carbocycles. The molecule has 3 aromatic heterocycles. The van der Waals surface area contributed by atoms with E-state index in [1.165, 1.54) is 15.6 Å². The van der Waals surface area contributed by atoms with Gasteiger partial charge >= 0.3 is 0 Å². The number of pyridine rings is 2. The standard InChI is InChI=1S/C53H37FN4Si/c54-51(38-20-18-19-37(35-38)44-28-14-16-33-55-44)43-36-47-50(42-27-10-11-29-45(42)58(47)49-32-15-17-34-56-49)52-53(43)59(40-23-6-2-7-24-40,41-25-8-3-9-26-41)48-31-13-12-30-46(48)57(52)39-21-4-1-5-22-39/h1-36,51H. The summed E-state index contributed by atoms with van der Waals surface area (Å²) >= 11 is 0. The third-order valence-electron chi connectivity index (χ3n) is 11.8. The Hall–Kier alpha value is -7.41. The van der Waals surface area contributed by atoms with Crippen molar-refractivity contribution >= 4 is 67.7 Å². The number of rotatable bonds is 7. The fourth-order valence-electron chi connectivity index (χ4n) is 9.47. The number of aromatic nitrogens is 3. The maximum Gasteiger partial charge on any atom is 0.184 e. The molecule has 0 amide bonds. The van der Waals surface area contributed by atoms with Gasteiger partial charge in [0.05, 0.1) is 22.4 Å². The number of benzene rings is 7. The van der Waals surface area contributed by atoms with E-state index in [1.807, 2.05) is 66.9 Å². The van der Waals surface area contributed by atoms with Crippen LogP contribution in [0.5, 0.6) is 0 Å². The van der Waals surface area contributed by atoms with Crippen molar-refractivity contribution in [3.05, 3.63) is 230 Å². The van der Waals surface area contributed by atoms with Gasteiger partial charge in [-0.25, -0.2) is 9.37 Å². The Labute approximate surface area is 343 Å².